The molecule has 1 atom stereocenters. The van der Waals surface area contributed by atoms with Crippen molar-refractivity contribution in [2.75, 3.05) is 0 Å². The van der Waals surface area contributed by atoms with E-state index in [1.54, 1.807) is 0 Å². The first-order chi connectivity index (χ1) is 9.72. The van der Waals surface area contributed by atoms with Gasteiger partial charge in [-0.05, 0) is 19.9 Å². The molecule has 1 unspecified atom stereocenters. The smallest absolute Gasteiger partial charge is 0.335 e. The van der Waals surface area contributed by atoms with Gasteiger partial charge >= 0.3 is 11.7 Å². The molecule has 0 aliphatic rings. The predicted octanol–water partition coefficient (Wildman–Crippen LogP) is 3.08. The number of hydrogen-bond acceptors (Lipinski definition) is 5. The Hall–Kier alpha value is -2.15. The molecule has 0 radical (unpaired) electrons. The van der Waals surface area contributed by atoms with Gasteiger partial charge in [-0.3, -0.25) is 10.1 Å². The Labute approximate surface area is 122 Å². The number of carbonyl (C=O) groups is 1. The Kier molecular flexibility index (Phi) is 5.66. The van der Waals surface area contributed by atoms with Crippen molar-refractivity contribution in [3.63, 3.8) is 0 Å². The summed E-state index contributed by atoms with van der Waals surface area (Å²) in [6.07, 6.45) is -0.827. The molecule has 0 amide bonds. The van der Waals surface area contributed by atoms with E-state index in [1.165, 1.54) is 6.07 Å². The fourth-order valence-electron chi connectivity index (χ4n) is 1.61. The van der Waals surface area contributed by atoms with Gasteiger partial charge in [0.25, 0.3) is 0 Å². The summed E-state index contributed by atoms with van der Waals surface area (Å²) < 4.78 is 11.1. The van der Waals surface area contributed by atoms with Crippen LogP contribution in [0.3, 0.4) is 0 Å². The van der Waals surface area contributed by atoms with Gasteiger partial charge in [0.2, 0.25) is 12.0 Å². The lowest BCUT2D eigenvalue weighted by Crippen LogP contribution is -2.29. The first-order valence-corrected chi connectivity index (χ1v) is 6.56. The third-order valence-electron chi connectivity index (χ3n) is 2.60. The zero-order valence-corrected chi connectivity index (χ0v) is 12.4. The Balaban J connectivity index is 3.15. The van der Waals surface area contributed by atoms with E-state index < -0.39 is 17.2 Å². The van der Waals surface area contributed by atoms with E-state index >= 15 is 0 Å². The molecule has 1 N–H and O–H groups in total. The lowest BCUT2D eigenvalue weighted by molar-refractivity contribution is -0.386. The number of rotatable bonds is 7. The van der Waals surface area contributed by atoms with Crippen molar-refractivity contribution in [1.82, 2.24) is 0 Å². The highest BCUT2D eigenvalue weighted by molar-refractivity contribution is 5.88. The Bertz CT molecular complexity index is 526. The maximum atomic E-state index is 11.0. The highest BCUT2D eigenvalue weighted by Gasteiger charge is 2.24. The van der Waals surface area contributed by atoms with E-state index in [-0.39, 0.29) is 29.0 Å². The van der Waals surface area contributed by atoms with Crippen LogP contribution in [0.5, 0.6) is 5.75 Å². The molecule has 21 heavy (non-hydrogen) atoms. The first-order valence-electron chi connectivity index (χ1n) is 6.56. The minimum atomic E-state index is -1.18. The summed E-state index contributed by atoms with van der Waals surface area (Å²) in [5.41, 5.74) is -0.374. The van der Waals surface area contributed by atoms with Crippen LogP contribution in [0.25, 0.3) is 0 Å². The predicted molar refractivity (Wildman–Crippen MR) is 75.5 cm³/mol. The lowest BCUT2D eigenvalue weighted by atomic mass is 10.1. The van der Waals surface area contributed by atoms with Crippen LogP contribution in [0.1, 0.15) is 38.1 Å². The molecule has 1 aromatic carbocycles. The van der Waals surface area contributed by atoms with Gasteiger partial charge in [-0.2, -0.15) is 0 Å². The third-order valence-corrected chi connectivity index (χ3v) is 2.60. The van der Waals surface area contributed by atoms with E-state index in [1.807, 2.05) is 27.7 Å². The first kappa shape index (κ1) is 16.9. The number of nitrogens with zero attached hydrogens (tertiary/aromatic N) is 1. The summed E-state index contributed by atoms with van der Waals surface area (Å²) in [5, 5.41) is 20.0. The highest BCUT2D eigenvalue weighted by atomic mass is 16.7. The van der Waals surface area contributed by atoms with Crippen LogP contribution in [0.2, 0.25) is 0 Å². The quantitative estimate of drug-likeness (QED) is 0.471. The molecule has 116 valence electrons. The normalized spacial score (nSPS) is 12.5. The second-order valence-electron chi connectivity index (χ2n) is 5.16. The van der Waals surface area contributed by atoms with Crippen molar-refractivity contribution in [3.8, 4) is 5.75 Å². The van der Waals surface area contributed by atoms with Gasteiger partial charge in [-0.15, -0.1) is 0 Å². The zero-order chi connectivity index (χ0) is 16.2. The van der Waals surface area contributed by atoms with Crippen molar-refractivity contribution in [3.05, 3.63) is 33.9 Å². The van der Waals surface area contributed by atoms with Crippen molar-refractivity contribution < 1.29 is 24.3 Å². The van der Waals surface area contributed by atoms with Gasteiger partial charge in [-0.1, -0.05) is 13.8 Å². The van der Waals surface area contributed by atoms with Crippen molar-refractivity contribution in [2.45, 2.75) is 40.1 Å². The monoisotopic (exact) mass is 297 g/mol. The molecular weight excluding hydrogens is 278 g/mol. The SMILES string of the molecule is CC(C)OC(Oc1cc(C(=O)O)ccc1[N+](=O)[O-])C(C)C. The van der Waals surface area contributed by atoms with Crippen molar-refractivity contribution in [1.29, 1.82) is 0 Å². The molecule has 7 nitrogen and oxygen atoms in total. The standard InChI is InChI=1S/C14H19NO6/c1-8(2)14(20-9(3)4)21-12-7-10(13(16)17)5-6-11(12)15(18)19/h5-9,14H,1-4H3,(H,16,17). The van der Waals surface area contributed by atoms with E-state index in [9.17, 15) is 14.9 Å². The largest absolute Gasteiger partial charge is 0.478 e. The fourth-order valence-corrected chi connectivity index (χ4v) is 1.61. The molecule has 0 spiro atoms. The molecular formula is C14H19NO6. The highest BCUT2D eigenvalue weighted by Crippen LogP contribution is 2.30. The number of nitro groups is 1. The average molecular weight is 297 g/mol. The van der Waals surface area contributed by atoms with Crippen LogP contribution in [0.4, 0.5) is 5.69 Å². The summed E-state index contributed by atoms with van der Waals surface area (Å²) in [4.78, 5) is 21.4. The second kappa shape index (κ2) is 7.03. The second-order valence-corrected chi connectivity index (χ2v) is 5.16. The molecule has 1 rings (SSSR count). The Morgan fingerprint density at radius 1 is 1.29 bits per heavy atom. The van der Waals surface area contributed by atoms with Gasteiger partial charge in [0.15, 0.2) is 0 Å². The van der Waals surface area contributed by atoms with E-state index in [2.05, 4.69) is 0 Å². The number of hydrogen-bond donors (Lipinski definition) is 1. The van der Waals surface area contributed by atoms with Crippen LogP contribution in [0, 0.1) is 16.0 Å². The maximum Gasteiger partial charge on any atom is 0.335 e. The molecule has 0 fully saturated rings. The minimum Gasteiger partial charge on any atom is -0.478 e. The Morgan fingerprint density at radius 2 is 1.90 bits per heavy atom. The van der Waals surface area contributed by atoms with Crippen LogP contribution < -0.4 is 4.74 Å². The van der Waals surface area contributed by atoms with E-state index in [4.69, 9.17) is 14.6 Å². The van der Waals surface area contributed by atoms with Gasteiger partial charge in [0.1, 0.15) is 0 Å². The summed E-state index contributed by atoms with van der Waals surface area (Å²) in [6.45, 7) is 7.33. The lowest BCUT2D eigenvalue weighted by Gasteiger charge is -2.24. The van der Waals surface area contributed by atoms with Gasteiger partial charge in [0.05, 0.1) is 16.6 Å². The van der Waals surface area contributed by atoms with E-state index in [0.29, 0.717) is 0 Å². The van der Waals surface area contributed by atoms with E-state index in [0.717, 1.165) is 12.1 Å². The summed E-state index contributed by atoms with van der Waals surface area (Å²) in [6, 6.07) is 3.42. The number of nitro benzene ring substituents is 1. The van der Waals surface area contributed by atoms with Crippen LogP contribution in [-0.2, 0) is 4.74 Å². The fraction of sp³-hybridized carbons (Fsp3) is 0.500. The van der Waals surface area contributed by atoms with Crippen molar-refractivity contribution in [2.24, 2.45) is 5.92 Å². The molecule has 0 aliphatic heterocycles. The number of ether oxygens (including phenoxy) is 2. The number of aromatic carboxylic acids is 1. The molecule has 0 aliphatic carbocycles. The summed E-state index contributed by atoms with van der Waals surface area (Å²) >= 11 is 0. The average Bonchev–Trinajstić information content (AvgIpc) is 2.36. The maximum absolute atomic E-state index is 11.0. The van der Waals surface area contributed by atoms with Gasteiger partial charge in [0, 0.05) is 18.1 Å². The number of carboxylic acid groups (broad SMARTS) is 1. The number of carboxylic acids is 1. The summed E-state index contributed by atoms with van der Waals surface area (Å²) in [7, 11) is 0. The Morgan fingerprint density at radius 3 is 2.33 bits per heavy atom. The number of benzene rings is 1. The summed E-state index contributed by atoms with van der Waals surface area (Å²) in [5.74, 6) is -1.35. The zero-order valence-electron chi connectivity index (χ0n) is 12.4. The van der Waals surface area contributed by atoms with Crippen LogP contribution >= 0.6 is 0 Å². The van der Waals surface area contributed by atoms with Crippen molar-refractivity contribution >= 4 is 11.7 Å². The third kappa shape index (κ3) is 4.71. The molecule has 7 heteroatoms. The van der Waals surface area contributed by atoms with Crippen LogP contribution in [-0.4, -0.2) is 28.4 Å². The van der Waals surface area contributed by atoms with Gasteiger partial charge in [-0.25, -0.2) is 4.79 Å². The minimum absolute atomic E-state index is 0.0551. The topological polar surface area (TPSA) is 98.9 Å². The molecule has 0 heterocycles. The molecule has 0 aromatic heterocycles. The molecule has 1 aromatic rings. The molecule has 0 bridgehead atoms. The molecule has 0 saturated heterocycles. The van der Waals surface area contributed by atoms with Gasteiger partial charge < -0.3 is 14.6 Å². The molecule has 0 saturated carbocycles. The van der Waals surface area contributed by atoms with Crippen LogP contribution in [0.15, 0.2) is 18.2 Å².